The second kappa shape index (κ2) is 8.50. The number of amides is 3. The number of thioether (sulfide) groups is 1. The Balaban J connectivity index is 1.73. The molecule has 2 aromatic carbocycles. The van der Waals surface area contributed by atoms with Gasteiger partial charge >= 0.3 is 0 Å². The van der Waals surface area contributed by atoms with E-state index in [0.717, 1.165) is 28.6 Å². The summed E-state index contributed by atoms with van der Waals surface area (Å²) in [6.45, 7) is 3.63. The fraction of sp³-hybridized carbons (Fsp3) is 0.150. The summed E-state index contributed by atoms with van der Waals surface area (Å²) in [6, 6.07) is 10.6. The van der Waals surface area contributed by atoms with Crippen molar-refractivity contribution in [2.24, 2.45) is 0 Å². The molecule has 0 unspecified atom stereocenters. The molecule has 0 radical (unpaired) electrons. The van der Waals surface area contributed by atoms with Gasteiger partial charge in [0.25, 0.3) is 17.1 Å². The molecule has 144 valence electrons. The van der Waals surface area contributed by atoms with E-state index in [2.05, 4.69) is 10.6 Å². The van der Waals surface area contributed by atoms with E-state index in [1.54, 1.807) is 18.2 Å². The largest absolute Gasteiger partial charge is 0.483 e. The summed E-state index contributed by atoms with van der Waals surface area (Å²) >= 11 is 6.83. The van der Waals surface area contributed by atoms with Crippen molar-refractivity contribution in [1.82, 2.24) is 5.32 Å². The monoisotopic (exact) mass is 416 g/mol. The molecular formula is C20H17ClN2O4S. The van der Waals surface area contributed by atoms with Gasteiger partial charge in [-0.15, -0.1) is 0 Å². The van der Waals surface area contributed by atoms with Crippen LogP contribution in [0.4, 0.5) is 10.5 Å². The Morgan fingerprint density at radius 3 is 2.71 bits per heavy atom. The van der Waals surface area contributed by atoms with Crippen LogP contribution in [0.2, 0.25) is 5.02 Å². The molecule has 2 aromatic rings. The van der Waals surface area contributed by atoms with Gasteiger partial charge in [-0.1, -0.05) is 23.7 Å². The predicted octanol–water partition coefficient (Wildman–Crippen LogP) is 4.30. The highest BCUT2D eigenvalue weighted by atomic mass is 35.5. The number of nitrogens with one attached hydrogen (secondary N) is 2. The lowest BCUT2D eigenvalue weighted by Crippen LogP contribution is -2.21. The predicted molar refractivity (Wildman–Crippen MR) is 111 cm³/mol. The SMILES string of the molecule is Cc1ccc(C)c(NC(=O)COc2ccc(Cl)cc2/C=C2\SC(=O)NC2=O)c1. The van der Waals surface area contributed by atoms with Gasteiger partial charge in [-0.05, 0) is 67.1 Å². The molecule has 8 heteroatoms. The van der Waals surface area contributed by atoms with Crippen LogP contribution in [0.3, 0.4) is 0 Å². The lowest BCUT2D eigenvalue weighted by atomic mass is 10.1. The molecule has 1 saturated heterocycles. The van der Waals surface area contributed by atoms with Crippen molar-refractivity contribution in [2.75, 3.05) is 11.9 Å². The maximum atomic E-state index is 12.3. The van der Waals surface area contributed by atoms with E-state index in [1.165, 1.54) is 6.08 Å². The van der Waals surface area contributed by atoms with Crippen LogP contribution in [0.5, 0.6) is 5.75 Å². The Morgan fingerprint density at radius 1 is 1.21 bits per heavy atom. The third-order valence-electron chi connectivity index (χ3n) is 3.93. The maximum Gasteiger partial charge on any atom is 0.290 e. The van der Waals surface area contributed by atoms with E-state index in [0.29, 0.717) is 16.3 Å². The Kier molecular flexibility index (Phi) is 6.06. The van der Waals surface area contributed by atoms with Crippen molar-refractivity contribution in [3.63, 3.8) is 0 Å². The summed E-state index contributed by atoms with van der Waals surface area (Å²) in [5, 5.41) is 5.01. The molecule has 1 aliphatic heterocycles. The van der Waals surface area contributed by atoms with Crippen LogP contribution in [-0.4, -0.2) is 23.7 Å². The molecule has 3 amide bonds. The minimum atomic E-state index is -0.478. The Bertz CT molecular complexity index is 1000. The maximum absolute atomic E-state index is 12.3. The third-order valence-corrected chi connectivity index (χ3v) is 4.97. The van der Waals surface area contributed by atoms with E-state index >= 15 is 0 Å². The fourth-order valence-electron chi connectivity index (χ4n) is 2.53. The number of halogens is 1. The molecule has 1 aliphatic rings. The number of imide groups is 1. The minimum Gasteiger partial charge on any atom is -0.483 e. The molecule has 0 aromatic heterocycles. The summed E-state index contributed by atoms with van der Waals surface area (Å²) in [5.74, 6) is -0.417. The lowest BCUT2D eigenvalue weighted by Gasteiger charge is -2.12. The second-order valence-corrected chi connectivity index (χ2v) is 7.64. The van der Waals surface area contributed by atoms with Gasteiger partial charge in [-0.3, -0.25) is 19.7 Å². The van der Waals surface area contributed by atoms with Gasteiger partial charge < -0.3 is 10.1 Å². The van der Waals surface area contributed by atoms with E-state index < -0.39 is 11.1 Å². The van der Waals surface area contributed by atoms with Gasteiger partial charge in [-0.2, -0.15) is 0 Å². The average Bonchev–Trinajstić information content (AvgIpc) is 2.94. The van der Waals surface area contributed by atoms with Crippen LogP contribution in [0.15, 0.2) is 41.3 Å². The topological polar surface area (TPSA) is 84.5 Å². The van der Waals surface area contributed by atoms with E-state index in [4.69, 9.17) is 16.3 Å². The number of carbonyl (C=O) groups excluding carboxylic acids is 3. The normalized spacial score (nSPS) is 14.9. The van der Waals surface area contributed by atoms with Gasteiger partial charge in [0.2, 0.25) is 0 Å². The number of carbonyl (C=O) groups is 3. The molecule has 28 heavy (non-hydrogen) atoms. The van der Waals surface area contributed by atoms with Gasteiger partial charge in [0.15, 0.2) is 6.61 Å². The zero-order valence-electron chi connectivity index (χ0n) is 15.2. The highest BCUT2D eigenvalue weighted by Crippen LogP contribution is 2.31. The van der Waals surface area contributed by atoms with Crippen LogP contribution in [0.1, 0.15) is 16.7 Å². The molecule has 0 bridgehead atoms. The molecule has 1 fully saturated rings. The van der Waals surface area contributed by atoms with Crippen molar-refractivity contribution < 1.29 is 19.1 Å². The Hall–Kier alpha value is -2.77. The highest BCUT2D eigenvalue weighted by molar-refractivity contribution is 8.18. The molecule has 1 heterocycles. The third kappa shape index (κ3) is 4.94. The summed E-state index contributed by atoms with van der Waals surface area (Å²) in [5.41, 5.74) is 3.21. The molecular weight excluding hydrogens is 400 g/mol. The van der Waals surface area contributed by atoms with E-state index in [9.17, 15) is 14.4 Å². The summed E-state index contributed by atoms with van der Waals surface area (Å²) in [4.78, 5) is 35.6. The van der Waals surface area contributed by atoms with Crippen LogP contribution in [0.25, 0.3) is 6.08 Å². The summed E-state index contributed by atoms with van der Waals surface area (Å²) in [7, 11) is 0. The van der Waals surface area contributed by atoms with Crippen molar-refractivity contribution in [3.05, 3.63) is 63.0 Å². The first kappa shape index (κ1) is 20.0. The van der Waals surface area contributed by atoms with Crippen LogP contribution in [-0.2, 0) is 9.59 Å². The number of benzene rings is 2. The van der Waals surface area contributed by atoms with Crippen molar-refractivity contribution >= 4 is 52.2 Å². The number of aryl methyl sites for hydroxylation is 2. The minimum absolute atomic E-state index is 0.219. The van der Waals surface area contributed by atoms with E-state index in [1.807, 2.05) is 32.0 Å². The first-order chi connectivity index (χ1) is 13.3. The Morgan fingerprint density at radius 2 is 2.00 bits per heavy atom. The number of hydrogen-bond donors (Lipinski definition) is 2. The molecule has 0 atom stereocenters. The standard InChI is InChI=1S/C20H17ClN2O4S/c1-11-3-4-12(2)15(7-11)22-18(24)10-27-16-6-5-14(21)8-13(16)9-17-19(25)23-20(26)28-17/h3-9H,10H2,1-2H3,(H,22,24)(H,23,25,26)/b17-9-. The quantitative estimate of drug-likeness (QED) is 0.710. The lowest BCUT2D eigenvalue weighted by molar-refractivity contribution is -0.118. The average molecular weight is 417 g/mol. The zero-order chi connectivity index (χ0) is 20.3. The zero-order valence-corrected chi connectivity index (χ0v) is 16.7. The van der Waals surface area contributed by atoms with Crippen molar-refractivity contribution in [2.45, 2.75) is 13.8 Å². The summed E-state index contributed by atoms with van der Waals surface area (Å²) in [6.07, 6.45) is 1.51. The highest BCUT2D eigenvalue weighted by Gasteiger charge is 2.25. The molecule has 0 aliphatic carbocycles. The van der Waals surface area contributed by atoms with Gasteiger partial charge in [0, 0.05) is 16.3 Å². The number of hydrogen-bond acceptors (Lipinski definition) is 5. The molecule has 2 N–H and O–H groups in total. The van der Waals surface area contributed by atoms with Gasteiger partial charge in [0.05, 0.1) is 4.91 Å². The van der Waals surface area contributed by atoms with Gasteiger partial charge in [0.1, 0.15) is 5.75 Å². The number of rotatable bonds is 5. The number of ether oxygens (including phenoxy) is 1. The second-order valence-electron chi connectivity index (χ2n) is 6.19. The first-order valence-electron chi connectivity index (χ1n) is 8.36. The van der Waals surface area contributed by atoms with Crippen molar-refractivity contribution in [1.29, 1.82) is 0 Å². The fourth-order valence-corrected chi connectivity index (χ4v) is 3.38. The molecule has 0 saturated carbocycles. The van der Waals surface area contributed by atoms with Gasteiger partial charge in [-0.25, -0.2) is 0 Å². The van der Waals surface area contributed by atoms with Crippen molar-refractivity contribution in [3.8, 4) is 5.75 Å². The van der Waals surface area contributed by atoms with Crippen LogP contribution in [0, 0.1) is 13.8 Å². The number of anilines is 1. The Labute approximate surface area is 171 Å². The smallest absolute Gasteiger partial charge is 0.290 e. The van der Waals surface area contributed by atoms with Crippen LogP contribution >= 0.6 is 23.4 Å². The van der Waals surface area contributed by atoms with E-state index in [-0.39, 0.29) is 17.4 Å². The first-order valence-corrected chi connectivity index (χ1v) is 9.55. The molecule has 3 rings (SSSR count). The molecule has 0 spiro atoms. The molecule has 6 nitrogen and oxygen atoms in total. The van der Waals surface area contributed by atoms with Crippen LogP contribution < -0.4 is 15.4 Å². The summed E-state index contributed by atoms with van der Waals surface area (Å²) < 4.78 is 5.63.